The molecule has 0 saturated carbocycles. The maximum atomic E-state index is 6.10. The van der Waals surface area contributed by atoms with Crippen molar-refractivity contribution in [2.45, 2.75) is 13.3 Å². The van der Waals surface area contributed by atoms with Gasteiger partial charge in [-0.1, -0.05) is 60.6 Å². The van der Waals surface area contributed by atoms with Crippen LogP contribution in [0.4, 0.5) is 0 Å². The molecule has 1 aromatic carbocycles. The zero-order valence-electron chi connectivity index (χ0n) is 8.13. The van der Waals surface area contributed by atoms with Gasteiger partial charge in [0, 0.05) is 11.1 Å². The number of benzene rings is 1. The molecule has 4 heteroatoms. The Kier molecular flexibility index (Phi) is 5.13. The molecular weight excluding hydrogens is 267 g/mol. The Morgan fingerprint density at radius 3 is 2.67 bits per heavy atom. The molecule has 0 radical (unpaired) electrons. The van der Waals surface area contributed by atoms with Crippen LogP contribution in [0.2, 0.25) is 10.0 Å². The van der Waals surface area contributed by atoms with Gasteiger partial charge in [-0.05, 0) is 12.5 Å². The highest BCUT2D eigenvalue weighted by molar-refractivity contribution is 8.11. The Hall–Kier alpha value is -0.0200. The molecule has 0 aromatic heterocycles. The first-order valence-corrected chi connectivity index (χ1v) is 6.07. The molecule has 0 aliphatic rings. The third kappa shape index (κ3) is 3.22. The van der Waals surface area contributed by atoms with Crippen molar-refractivity contribution in [1.29, 1.82) is 0 Å². The number of thiocarbonyl (C=S) groups is 1. The lowest BCUT2D eigenvalue weighted by Gasteiger charge is -2.07. The van der Waals surface area contributed by atoms with Crippen LogP contribution in [0.25, 0.3) is 6.08 Å². The van der Waals surface area contributed by atoms with Crippen molar-refractivity contribution < 1.29 is 0 Å². The van der Waals surface area contributed by atoms with E-state index < -0.39 is 0 Å². The third-order valence-corrected chi connectivity index (χ3v) is 3.16. The molecule has 1 rings (SSSR count). The highest BCUT2D eigenvalue weighted by Gasteiger charge is 2.09. The lowest BCUT2D eigenvalue weighted by atomic mass is 10.1. The van der Waals surface area contributed by atoms with Crippen LogP contribution in [-0.4, -0.2) is 4.20 Å². The second-order valence-corrected chi connectivity index (χ2v) is 4.88. The van der Waals surface area contributed by atoms with E-state index in [1.165, 1.54) is 0 Å². The van der Waals surface area contributed by atoms with E-state index in [2.05, 4.69) is 12.6 Å². The molecule has 0 bridgehead atoms. The fraction of sp³-hybridized carbons (Fsp3) is 0.182. The maximum Gasteiger partial charge on any atom is 0.0754 e. The summed E-state index contributed by atoms with van der Waals surface area (Å²) < 4.78 is 0.518. The van der Waals surface area contributed by atoms with E-state index in [1.807, 2.05) is 25.1 Å². The van der Waals surface area contributed by atoms with Crippen molar-refractivity contribution in [1.82, 2.24) is 0 Å². The van der Waals surface area contributed by atoms with Crippen molar-refractivity contribution in [2.24, 2.45) is 0 Å². The Balaban J connectivity index is 3.35. The molecule has 15 heavy (non-hydrogen) atoms. The topological polar surface area (TPSA) is 0 Å². The molecule has 0 nitrogen and oxygen atoms in total. The average molecular weight is 277 g/mol. The third-order valence-electron chi connectivity index (χ3n) is 1.88. The lowest BCUT2D eigenvalue weighted by Crippen LogP contribution is -1.93. The molecule has 0 amide bonds. The van der Waals surface area contributed by atoms with Crippen molar-refractivity contribution >= 4 is 58.3 Å². The van der Waals surface area contributed by atoms with Crippen LogP contribution < -0.4 is 0 Å². The van der Waals surface area contributed by atoms with Gasteiger partial charge in [-0.15, -0.1) is 12.6 Å². The zero-order chi connectivity index (χ0) is 11.4. The van der Waals surface area contributed by atoms with E-state index in [9.17, 15) is 0 Å². The summed E-state index contributed by atoms with van der Waals surface area (Å²) in [6, 6.07) is 3.56. The predicted molar refractivity (Wildman–Crippen MR) is 76.5 cm³/mol. The van der Waals surface area contributed by atoms with Crippen molar-refractivity contribution in [3.8, 4) is 0 Å². The van der Waals surface area contributed by atoms with Crippen LogP contribution in [0.5, 0.6) is 0 Å². The predicted octanol–water partition coefficient (Wildman–Crippen LogP) is 5.02. The van der Waals surface area contributed by atoms with E-state index in [1.54, 1.807) is 6.07 Å². The summed E-state index contributed by atoms with van der Waals surface area (Å²) >= 11 is 21.2. The number of thiol groups is 1. The monoisotopic (exact) mass is 276 g/mol. The van der Waals surface area contributed by atoms with E-state index in [0.29, 0.717) is 14.2 Å². The Morgan fingerprint density at radius 2 is 2.13 bits per heavy atom. The molecule has 1 aromatic rings. The van der Waals surface area contributed by atoms with Gasteiger partial charge >= 0.3 is 0 Å². The Labute approximate surface area is 111 Å². The summed E-state index contributed by atoms with van der Waals surface area (Å²) in [6.07, 6.45) is 4.86. The minimum Gasteiger partial charge on any atom is -0.131 e. The highest BCUT2D eigenvalue weighted by atomic mass is 35.5. The maximum absolute atomic E-state index is 6.10. The van der Waals surface area contributed by atoms with Crippen LogP contribution in [0.1, 0.15) is 24.5 Å². The highest BCUT2D eigenvalue weighted by Crippen LogP contribution is 2.30. The Bertz CT molecular complexity index is 411. The van der Waals surface area contributed by atoms with Gasteiger partial charge in [-0.3, -0.25) is 0 Å². The van der Waals surface area contributed by atoms with Crippen LogP contribution in [0.3, 0.4) is 0 Å². The standard InChI is InChI=1S/C11H10Cl2S2/c1-2-3-4-7-8(11(14)15)5-6-9(12)10(7)13/h3-6H,2H2,1H3,(H,14,15)/b4-3+. The van der Waals surface area contributed by atoms with Gasteiger partial charge in [0.1, 0.15) is 0 Å². The summed E-state index contributed by atoms with van der Waals surface area (Å²) in [4.78, 5) is 0. The molecule has 0 atom stereocenters. The fourth-order valence-corrected chi connectivity index (χ4v) is 1.92. The second kappa shape index (κ2) is 5.90. The van der Waals surface area contributed by atoms with Crippen LogP contribution >= 0.6 is 48.0 Å². The van der Waals surface area contributed by atoms with Crippen molar-refractivity contribution in [2.75, 3.05) is 0 Å². The van der Waals surface area contributed by atoms with Crippen LogP contribution in [0, 0.1) is 0 Å². The van der Waals surface area contributed by atoms with Gasteiger partial charge in [0.2, 0.25) is 0 Å². The first-order valence-electron chi connectivity index (χ1n) is 4.45. The SMILES string of the molecule is CC/C=C/c1c(C(=S)S)ccc(Cl)c1Cl. The number of halogens is 2. The quantitative estimate of drug-likeness (QED) is 0.597. The van der Waals surface area contributed by atoms with Gasteiger partial charge in [0.05, 0.1) is 14.2 Å². The normalized spacial score (nSPS) is 10.9. The molecule has 0 N–H and O–H groups in total. The molecule has 0 aliphatic heterocycles. The van der Waals surface area contributed by atoms with Crippen molar-refractivity contribution in [3.63, 3.8) is 0 Å². The molecule has 0 saturated heterocycles. The molecule has 0 unspecified atom stereocenters. The number of rotatable bonds is 3. The summed E-state index contributed by atoms with van der Waals surface area (Å²) in [7, 11) is 0. The summed E-state index contributed by atoms with van der Waals surface area (Å²) in [6.45, 7) is 2.05. The smallest absolute Gasteiger partial charge is 0.0754 e. The molecule has 80 valence electrons. The lowest BCUT2D eigenvalue weighted by molar-refractivity contribution is 1.23. The first-order chi connectivity index (χ1) is 7.07. The summed E-state index contributed by atoms with van der Waals surface area (Å²) in [5, 5.41) is 1.05. The van der Waals surface area contributed by atoms with Gasteiger partial charge in [-0.25, -0.2) is 0 Å². The van der Waals surface area contributed by atoms with Gasteiger partial charge in [0.15, 0.2) is 0 Å². The number of hydrogen-bond donors (Lipinski definition) is 1. The van der Waals surface area contributed by atoms with E-state index in [4.69, 9.17) is 35.4 Å². The fourth-order valence-electron chi connectivity index (χ4n) is 1.15. The van der Waals surface area contributed by atoms with Crippen LogP contribution in [0.15, 0.2) is 18.2 Å². The average Bonchev–Trinajstić information content (AvgIpc) is 2.19. The van der Waals surface area contributed by atoms with Gasteiger partial charge < -0.3 is 0 Å². The summed E-state index contributed by atoms with van der Waals surface area (Å²) in [5.74, 6) is 0. The molecule has 0 fully saturated rings. The van der Waals surface area contributed by atoms with E-state index in [-0.39, 0.29) is 0 Å². The Morgan fingerprint density at radius 1 is 1.47 bits per heavy atom. The number of hydrogen-bond acceptors (Lipinski definition) is 1. The second-order valence-electron chi connectivity index (χ2n) is 2.94. The van der Waals surface area contributed by atoms with Gasteiger partial charge in [0.25, 0.3) is 0 Å². The van der Waals surface area contributed by atoms with Gasteiger partial charge in [-0.2, -0.15) is 0 Å². The minimum atomic E-state index is 0.518. The minimum absolute atomic E-state index is 0.518. The molecule has 0 heterocycles. The summed E-state index contributed by atoms with van der Waals surface area (Å²) in [5.41, 5.74) is 1.68. The molecule has 0 spiro atoms. The van der Waals surface area contributed by atoms with E-state index in [0.717, 1.165) is 17.5 Å². The van der Waals surface area contributed by atoms with Crippen molar-refractivity contribution in [3.05, 3.63) is 39.4 Å². The largest absolute Gasteiger partial charge is 0.131 e. The number of allylic oxidation sites excluding steroid dienone is 1. The first kappa shape index (κ1) is 13.0. The molecular formula is C11H10Cl2S2. The molecule has 0 aliphatic carbocycles. The zero-order valence-corrected chi connectivity index (χ0v) is 11.4. The van der Waals surface area contributed by atoms with E-state index >= 15 is 0 Å². The van der Waals surface area contributed by atoms with Crippen LogP contribution in [-0.2, 0) is 0 Å².